The van der Waals surface area contributed by atoms with Crippen LogP contribution in [0.2, 0.25) is 0 Å². The average molecular weight is 377 g/mol. The van der Waals surface area contributed by atoms with Gasteiger partial charge < -0.3 is 0 Å². The third-order valence-corrected chi connectivity index (χ3v) is 4.82. The molecule has 0 fully saturated rings. The highest BCUT2D eigenvalue weighted by atomic mass is 19.1. The molecule has 4 rings (SSSR count). The molecule has 7 heteroatoms. The Morgan fingerprint density at radius 3 is 2.61 bits per heavy atom. The molecule has 0 saturated carbocycles. The molecule has 0 saturated heterocycles. The van der Waals surface area contributed by atoms with Crippen molar-refractivity contribution in [2.24, 2.45) is 0 Å². The molecule has 0 spiro atoms. The minimum Gasteiger partial charge on any atom is -0.285 e. The van der Waals surface area contributed by atoms with Crippen molar-refractivity contribution in [3.8, 4) is 16.8 Å². The van der Waals surface area contributed by atoms with Crippen LogP contribution in [0.1, 0.15) is 23.9 Å². The van der Waals surface area contributed by atoms with Gasteiger partial charge in [0.25, 0.3) is 0 Å². The number of benzene rings is 2. The standard InChI is InChI=1S/C21H20FN5O/c1-3-16-10-19(8-9-20(16)17-11-23-24-12-17)27-21(28)26(14(2)25-27)13-15-4-6-18(22)7-5-15/h4-12H,3,13H2,1-2H3,(H,23,24). The van der Waals surface area contributed by atoms with Gasteiger partial charge in [0.05, 0.1) is 18.4 Å². The third kappa shape index (κ3) is 3.26. The Labute approximate surface area is 161 Å². The van der Waals surface area contributed by atoms with Gasteiger partial charge in [-0.25, -0.2) is 9.18 Å². The van der Waals surface area contributed by atoms with E-state index in [-0.39, 0.29) is 11.5 Å². The molecule has 142 valence electrons. The first-order valence-corrected chi connectivity index (χ1v) is 9.10. The fraction of sp³-hybridized carbons (Fsp3) is 0.190. The van der Waals surface area contributed by atoms with Crippen LogP contribution in [0.4, 0.5) is 4.39 Å². The van der Waals surface area contributed by atoms with Crippen LogP contribution in [-0.2, 0) is 13.0 Å². The fourth-order valence-electron chi connectivity index (χ4n) is 3.30. The maximum atomic E-state index is 13.1. The van der Waals surface area contributed by atoms with Gasteiger partial charge in [0.15, 0.2) is 0 Å². The van der Waals surface area contributed by atoms with Crippen molar-refractivity contribution < 1.29 is 4.39 Å². The van der Waals surface area contributed by atoms with Crippen LogP contribution in [0.5, 0.6) is 0 Å². The Kier molecular flexibility index (Phi) is 4.65. The molecule has 2 heterocycles. The summed E-state index contributed by atoms with van der Waals surface area (Å²) in [5, 5.41) is 11.3. The van der Waals surface area contributed by atoms with E-state index in [2.05, 4.69) is 22.2 Å². The smallest absolute Gasteiger partial charge is 0.285 e. The predicted molar refractivity (Wildman–Crippen MR) is 105 cm³/mol. The van der Waals surface area contributed by atoms with Gasteiger partial charge in [-0.05, 0) is 54.3 Å². The highest BCUT2D eigenvalue weighted by Crippen LogP contribution is 2.25. The normalized spacial score (nSPS) is 11.1. The lowest BCUT2D eigenvalue weighted by molar-refractivity contribution is 0.625. The molecule has 0 aliphatic carbocycles. The molecule has 4 aromatic rings. The maximum Gasteiger partial charge on any atom is 0.351 e. The van der Waals surface area contributed by atoms with Crippen molar-refractivity contribution in [3.05, 3.63) is 88.1 Å². The second-order valence-corrected chi connectivity index (χ2v) is 6.64. The molecular weight excluding hydrogens is 357 g/mol. The van der Waals surface area contributed by atoms with E-state index in [1.807, 2.05) is 24.4 Å². The van der Waals surface area contributed by atoms with Crippen molar-refractivity contribution in [1.82, 2.24) is 24.5 Å². The van der Waals surface area contributed by atoms with Crippen molar-refractivity contribution >= 4 is 0 Å². The van der Waals surface area contributed by atoms with E-state index >= 15 is 0 Å². The monoisotopic (exact) mass is 377 g/mol. The summed E-state index contributed by atoms with van der Waals surface area (Å²) in [6, 6.07) is 12.0. The first kappa shape index (κ1) is 17.9. The van der Waals surface area contributed by atoms with Gasteiger partial charge in [-0.2, -0.15) is 14.9 Å². The largest absolute Gasteiger partial charge is 0.351 e. The number of aryl methyl sites for hydroxylation is 2. The molecule has 2 aromatic heterocycles. The van der Waals surface area contributed by atoms with Crippen LogP contribution in [0.3, 0.4) is 0 Å². The van der Waals surface area contributed by atoms with Crippen LogP contribution in [-0.4, -0.2) is 24.5 Å². The van der Waals surface area contributed by atoms with Gasteiger partial charge in [-0.1, -0.05) is 25.1 Å². The summed E-state index contributed by atoms with van der Waals surface area (Å²) in [7, 11) is 0. The number of aromatic nitrogens is 5. The van der Waals surface area contributed by atoms with E-state index in [0.717, 1.165) is 34.4 Å². The Bertz CT molecular complexity index is 1160. The van der Waals surface area contributed by atoms with Crippen LogP contribution in [0, 0.1) is 12.7 Å². The summed E-state index contributed by atoms with van der Waals surface area (Å²) in [5.74, 6) is 0.305. The molecule has 1 N–H and O–H groups in total. The lowest BCUT2D eigenvalue weighted by Crippen LogP contribution is -2.24. The fourth-order valence-corrected chi connectivity index (χ4v) is 3.30. The Morgan fingerprint density at radius 2 is 1.93 bits per heavy atom. The summed E-state index contributed by atoms with van der Waals surface area (Å²) in [6.45, 7) is 4.21. The van der Waals surface area contributed by atoms with Crippen LogP contribution >= 0.6 is 0 Å². The molecule has 0 atom stereocenters. The quantitative estimate of drug-likeness (QED) is 0.579. The number of nitrogens with zero attached hydrogens (tertiary/aromatic N) is 4. The first-order valence-electron chi connectivity index (χ1n) is 9.10. The van der Waals surface area contributed by atoms with Crippen molar-refractivity contribution in [2.75, 3.05) is 0 Å². The van der Waals surface area contributed by atoms with E-state index in [0.29, 0.717) is 12.4 Å². The summed E-state index contributed by atoms with van der Waals surface area (Å²) < 4.78 is 16.1. The maximum absolute atomic E-state index is 13.1. The molecule has 0 aliphatic heterocycles. The van der Waals surface area contributed by atoms with E-state index in [9.17, 15) is 9.18 Å². The zero-order chi connectivity index (χ0) is 19.7. The van der Waals surface area contributed by atoms with E-state index in [1.54, 1.807) is 29.8 Å². The summed E-state index contributed by atoms with van der Waals surface area (Å²) in [6.07, 6.45) is 4.45. The highest BCUT2D eigenvalue weighted by Gasteiger charge is 2.14. The SMILES string of the molecule is CCc1cc(-n2nc(C)n(Cc3ccc(F)cc3)c2=O)ccc1-c1cn[nH]c1. The zero-order valence-electron chi connectivity index (χ0n) is 15.7. The molecular formula is C21H20FN5O. The molecule has 0 unspecified atom stereocenters. The highest BCUT2D eigenvalue weighted by molar-refractivity contribution is 5.67. The molecule has 6 nitrogen and oxygen atoms in total. The number of aromatic amines is 1. The lowest BCUT2D eigenvalue weighted by atomic mass is 10.00. The first-order chi connectivity index (χ1) is 13.6. The minimum absolute atomic E-state index is 0.222. The van der Waals surface area contributed by atoms with E-state index < -0.39 is 0 Å². The van der Waals surface area contributed by atoms with Gasteiger partial charge in [0.1, 0.15) is 11.6 Å². The molecule has 2 aromatic carbocycles. The topological polar surface area (TPSA) is 68.5 Å². The summed E-state index contributed by atoms with van der Waals surface area (Å²) in [4.78, 5) is 12.9. The minimum atomic E-state index is -0.298. The van der Waals surface area contributed by atoms with Gasteiger partial charge in [0, 0.05) is 11.8 Å². The number of rotatable bonds is 5. The molecule has 0 bridgehead atoms. The third-order valence-electron chi connectivity index (χ3n) is 4.82. The Hall–Kier alpha value is -3.48. The second kappa shape index (κ2) is 7.26. The molecule has 0 radical (unpaired) electrons. The number of halogens is 1. The lowest BCUT2D eigenvalue weighted by Gasteiger charge is -2.08. The van der Waals surface area contributed by atoms with Crippen LogP contribution in [0.15, 0.2) is 59.7 Å². The molecule has 0 amide bonds. The van der Waals surface area contributed by atoms with Gasteiger partial charge in [-0.3, -0.25) is 9.67 Å². The average Bonchev–Trinajstić information content (AvgIpc) is 3.33. The number of hydrogen-bond acceptors (Lipinski definition) is 3. The summed E-state index contributed by atoms with van der Waals surface area (Å²) >= 11 is 0. The summed E-state index contributed by atoms with van der Waals surface area (Å²) in [5.41, 5.74) is 4.53. The van der Waals surface area contributed by atoms with Crippen LogP contribution in [0.25, 0.3) is 16.8 Å². The Balaban J connectivity index is 1.72. The van der Waals surface area contributed by atoms with Gasteiger partial charge in [0.2, 0.25) is 0 Å². The van der Waals surface area contributed by atoms with Gasteiger partial charge in [-0.15, -0.1) is 0 Å². The number of nitrogens with one attached hydrogen (secondary N) is 1. The van der Waals surface area contributed by atoms with E-state index in [4.69, 9.17) is 0 Å². The van der Waals surface area contributed by atoms with Gasteiger partial charge >= 0.3 is 5.69 Å². The van der Waals surface area contributed by atoms with Crippen molar-refractivity contribution in [1.29, 1.82) is 0 Å². The number of H-pyrrole nitrogens is 1. The molecule has 28 heavy (non-hydrogen) atoms. The predicted octanol–water partition coefficient (Wildman–Crippen LogP) is 3.48. The van der Waals surface area contributed by atoms with Crippen LogP contribution < -0.4 is 5.69 Å². The Morgan fingerprint density at radius 1 is 1.14 bits per heavy atom. The zero-order valence-corrected chi connectivity index (χ0v) is 15.7. The number of hydrogen-bond donors (Lipinski definition) is 1. The van der Waals surface area contributed by atoms with Crippen molar-refractivity contribution in [2.45, 2.75) is 26.8 Å². The second-order valence-electron chi connectivity index (χ2n) is 6.64. The van der Waals surface area contributed by atoms with E-state index in [1.165, 1.54) is 16.8 Å². The van der Waals surface area contributed by atoms with Crippen molar-refractivity contribution in [3.63, 3.8) is 0 Å². The molecule has 0 aliphatic rings.